The highest BCUT2D eigenvalue weighted by molar-refractivity contribution is 9.10. The number of carbonyl (C=O) groups is 1. The molecule has 1 aromatic rings. The summed E-state index contributed by atoms with van der Waals surface area (Å²) < 4.78 is 0.996. The maximum atomic E-state index is 12.0. The van der Waals surface area contributed by atoms with Gasteiger partial charge in [-0.05, 0) is 27.9 Å². The Morgan fingerprint density at radius 2 is 2.30 bits per heavy atom. The monoisotopic (exact) mass is 340 g/mol. The molecule has 0 atom stereocenters. The van der Waals surface area contributed by atoms with Crippen LogP contribution in [0.2, 0.25) is 0 Å². The van der Waals surface area contributed by atoms with Crippen LogP contribution in [0.3, 0.4) is 0 Å². The van der Waals surface area contributed by atoms with Gasteiger partial charge in [0.25, 0.3) is 5.91 Å². The van der Waals surface area contributed by atoms with Crippen LogP contribution in [0.4, 0.5) is 5.82 Å². The lowest BCUT2D eigenvalue weighted by molar-refractivity contribution is -0.124. The van der Waals surface area contributed by atoms with Crippen LogP contribution in [0.5, 0.6) is 0 Å². The average Bonchev–Trinajstić information content (AvgIpc) is 2.44. The Morgan fingerprint density at radius 3 is 2.95 bits per heavy atom. The summed E-state index contributed by atoms with van der Waals surface area (Å²) in [5.74, 6) is 0.742. The number of amides is 1. The average molecular weight is 341 g/mol. The summed E-state index contributed by atoms with van der Waals surface area (Å²) in [6.07, 6.45) is 3.82. The van der Waals surface area contributed by atoms with Gasteiger partial charge in [-0.1, -0.05) is 5.16 Å². The Hall–Kier alpha value is -1.63. The summed E-state index contributed by atoms with van der Waals surface area (Å²) in [6.45, 7) is 1.20. The molecule has 0 saturated carbocycles. The molecule has 0 aromatic carbocycles. The first-order chi connectivity index (χ1) is 9.54. The maximum absolute atomic E-state index is 12.0. The van der Waals surface area contributed by atoms with E-state index in [2.05, 4.69) is 30.9 Å². The standard InChI is InChI=1S/C13H17BrN4O2/c1-17(2)13-10-8-18(12(19)7-16-20-3)5-4-9(10)11(14)6-15-13/h6-7H,4-5,8H2,1-3H3/b16-7+. The molecule has 6 nitrogen and oxygen atoms in total. The minimum atomic E-state index is -0.151. The largest absolute Gasteiger partial charge is 0.399 e. The van der Waals surface area contributed by atoms with Gasteiger partial charge in [-0.3, -0.25) is 4.79 Å². The number of hydrogen-bond acceptors (Lipinski definition) is 5. The molecule has 0 unspecified atom stereocenters. The van der Waals surface area contributed by atoms with Crippen molar-refractivity contribution in [3.05, 3.63) is 21.8 Å². The van der Waals surface area contributed by atoms with E-state index in [1.54, 1.807) is 4.90 Å². The highest BCUT2D eigenvalue weighted by Gasteiger charge is 2.25. The molecule has 1 aliphatic rings. The molecule has 2 rings (SSSR count). The van der Waals surface area contributed by atoms with Gasteiger partial charge in [0.2, 0.25) is 0 Å². The Labute approximate surface area is 126 Å². The van der Waals surface area contributed by atoms with Gasteiger partial charge in [0.1, 0.15) is 19.1 Å². The Bertz CT molecular complexity index is 545. The molecule has 0 radical (unpaired) electrons. The van der Waals surface area contributed by atoms with Gasteiger partial charge in [0.05, 0.1) is 0 Å². The summed E-state index contributed by atoms with van der Waals surface area (Å²) in [7, 11) is 5.31. The van der Waals surface area contributed by atoms with Crippen LogP contribution in [0.15, 0.2) is 15.8 Å². The molecular formula is C13H17BrN4O2. The zero-order chi connectivity index (χ0) is 14.7. The SMILES string of the molecule is CO/N=C/C(=O)N1CCc2c(Br)cnc(N(C)C)c2C1. The van der Waals surface area contributed by atoms with Crippen LogP contribution in [-0.4, -0.2) is 49.8 Å². The number of carbonyl (C=O) groups excluding carboxylic acids is 1. The molecule has 20 heavy (non-hydrogen) atoms. The number of aromatic nitrogens is 1. The van der Waals surface area contributed by atoms with Crippen LogP contribution in [0, 0.1) is 0 Å². The number of anilines is 1. The van der Waals surface area contributed by atoms with Gasteiger partial charge in [-0.15, -0.1) is 0 Å². The maximum Gasteiger partial charge on any atom is 0.268 e. The molecule has 1 aliphatic heterocycles. The van der Waals surface area contributed by atoms with Crippen molar-refractivity contribution >= 4 is 33.9 Å². The Balaban J connectivity index is 2.30. The van der Waals surface area contributed by atoms with Crippen molar-refractivity contribution in [3.63, 3.8) is 0 Å². The molecule has 108 valence electrons. The lowest BCUT2D eigenvalue weighted by Crippen LogP contribution is -2.37. The fourth-order valence-corrected chi connectivity index (χ4v) is 2.80. The van der Waals surface area contributed by atoms with Gasteiger partial charge in [0.15, 0.2) is 0 Å². The number of pyridine rings is 1. The quantitative estimate of drug-likeness (QED) is 0.616. The highest BCUT2D eigenvalue weighted by Crippen LogP contribution is 2.31. The topological polar surface area (TPSA) is 58.0 Å². The zero-order valence-corrected chi connectivity index (χ0v) is 13.3. The zero-order valence-electron chi connectivity index (χ0n) is 11.8. The molecule has 0 aliphatic carbocycles. The third kappa shape index (κ3) is 2.92. The van der Waals surface area contributed by atoms with Crippen LogP contribution < -0.4 is 4.90 Å². The molecule has 7 heteroatoms. The fourth-order valence-electron chi connectivity index (χ4n) is 2.26. The minimum Gasteiger partial charge on any atom is -0.399 e. The van der Waals surface area contributed by atoms with Gasteiger partial charge < -0.3 is 14.6 Å². The highest BCUT2D eigenvalue weighted by atomic mass is 79.9. The second kappa shape index (κ2) is 6.21. The van der Waals surface area contributed by atoms with E-state index < -0.39 is 0 Å². The van der Waals surface area contributed by atoms with Crippen molar-refractivity contribution in [3.8, 4) is 0 Å². The summed E-state index contributed by atoms with van der Waals surface area (Å²) in [5, 5.41) is 3.53. The van der Waals surface area contributed by atoms with Crippen molar-refractivity contribution in [2.24, 2.45) is 5.16 Å². The van der Waals surface area contributed by atoms with E-state index >= 15 is 0 Å². The van der Waals surface area contributed by atoms with E-state index in [0.717, 1.165) is 22.3 Å². The summed E-state index contributed by atoms with van der Waals surface area (Å²) >= 11 is 3.53. The van der Waals surface area contributed by atoms with Gasteiger partial charge >= 0.3 is 0 Å². The predicted molar refractivity (Wildman–Crippen MR) is 80.9 cm³/mol. The van der Waals surface area contributed by atoms with E-state index in [-0.39, 0.29) is 5.91 Å². The second-order valence-electron chi connectivity index (χ2n) is 4.71. The van der Waals surface area contributed by atoms with Crippen molar-refractivity contribution in [1.29, 1.82) is 0 Å². The molecule has 0 saturated heterocycles. The minimum absolute atomic E-state index is 0.151. The predicted octanol–water partition coefficient (Wildman–Crippen LogP) is 1.43. The molecule has 2 heterocycles. The van der Waals surface area contributed by atoms with Crippen molar-refractivity contribution in [2.45, 2.75) is 13.0 Å². The first kappa shape index (κ1) is 14.8. The molecule has 0 fully saturated rings. The lowest BCUT2D eigenvalue weighted by Gasteiger charge is -2.31. The van der Waals surface area contributed by atoms with Crippen LogP contribution in [0.25, 0.3) is 0 Å². The van der Waals surface area contributed by atoms with Crippen molar-refractivity contribution in [2.75, 3.05) is 32.6 Å². The smallest absolute Gasteiger partial charge is 0.268 e. The van der Waals surface area contributed by atoms with Gasteiger partial charge in [0, 0.05) is 43.4 Å². The van der Waals surface area contributed by atoms with Crippen LogP contribution in [0.1, 0.15) is 11.1 Å². The van der Waals surface area contributed by atoms with Crippen LogP contribution in [-0.2, 0) is 22.6 Å². The molecule has 1 aromatic heterocycles. The Kier molecular flexibility index (Phi) is 4.59. The van der Waals surface area contributed by atoms with E-state index in [1.165, 1.54) is 18.9 Å². The normalized spacial score (nSPS) is 14.3. The summed E-state index contributed by atoms with van der Waals surface area (Å²) in [4.78, 5) is 24.7. The van der Waals surface area contributed by atoms with Crippen LogP contribution >= 0.6 is 15.9 Å². The first-order valence-corrected chi connectivity index (χ1v) is 7.03. The summed E-state index contributed by atoms with van der Waals surface area (Å²) in [5.41, 5.74) is 2.30. The van der Waals surface area contributed by atoms with Gasteiger partial charge in [-0.2, -0.15) is 0 Å². The number of oxime groups is 1. The van der Waals surface area contributed by atoms with Crippen molar-refractivity contribution < 1.29 is 9.63 Å². The Morgan fingerprint density at radius 1 is 1.55 bits per heavy atom. The third-order valence-corrected chi connectivity index (χ3v) is 3.89. The summed E-state index contributed by atoms with van der Waals surface area (Å²) in [6, 6.07) is 0. The van der Waals surface area contributed by atoms with Gasteiger partial charge in [-0.25, -0.2) is 4.98 Å². The molecule has 1 amide bonds. The number of nitrogens with zero attached hydrogens (tertiary/aromatic N) is 4. The van der Waals surface area contributed by atoms with E-state index in [9.17, 15) is 4.79 Å². The number of halogens is 1. The van der Waals surface area contributed by atoms with E-state index in [0.29, 0.717) is 13.1 Å². The molecular weight excluding hydrogens is 324 g/mol. The fraction of sp³-hybridized carbons (Fsp3) is 0.462. The van der Waals surface area contributed by atoms with Crippen molar-refractivity contribution in [1.82, 2.24) is 9.88 Å². The number of rotatable bonds is 3. The molecule has 0 spiro atoms. The van der Waals surface area contributed by atoms with E-state index in [1.807, 2.05) is 25.2 Å². The molecule has 0 bridgehead atoms. The first-order valence-electron chi connectivity index (χ1n) is 6.23. The van der Waals surface area contributed by atoms with E-state index in [4.69, 9.17) is 0 Å². The second-order valence-corrected chi connectivity index (χ2v) is 5.56. The number of hydrogen-bond donors (Lipinski definition) is 0. The lowest BCUT2D eigenvalue weighted by atomic mass is 10.0. The third-order valence-electron chi connectivity index (χ3n) is 3.21. The molecule has 0 N–H and O–H groups in total. The number of fused-ring (bicyclic) bond motifs is 1.